The van der Waals surface area contributed by atoms with Crippen molar-refractivity contribution in [2.45, 2.75) is 26.0 Å². The van der Waals surface area contributed by atoms with Crippen molar-refractivity contribution < 1.29 is 9.53 Å². The van der Waals surface area contributed by atoms with Crippen LogP contribution in [0.3, 0.4) is 0 Å². The number of halogens is 1. The first-order chi connectivity index (χ1) is 12.6. The molecule has 0 radical (unpaired) electrons. The first-order valence-corrected chi connectivity index (χ1v) is 9.10. The Balaban J connectivity index is 1.74. The van der Waals surface area contributed by atoms with Crippen LogP contribution in [0.2, 0.25) is 5.02 Å². The van der Waals surface area contributed by atoms with Crippen molar-refractivity contribution >= 4 is 28.3 Å². The number of carbonyl (C=O) groups excluding carboxylic acids is 1. The van der Waals surface area contributed by atoms with Gasteiger partial charge in [-0.15, -0.1) is 0 Å². The highest BCUT2D eigenvalue weighted by Crippen LogP contribution is 2.27. The van der Waals surface area contributed by atoms with Crippen LogP contribution >= 0.6 is 11.6 Å². The van der Waals surface area contributed by atoms with Gasteiger partial charge in [-0.05, 0) is 35.6 Å². The summed E-state index contributed by atoms with van der Waals surface area (Å²) in [6.07, 6.45) is 0.0885. The number of benzene rings is 3. The largest absolute Gasteiger partial charge is 0.480 e. The van der Waals surface area contributed by atoms with E-state index in [1.807, 2.05) is 73.7 Å². The van der Waals surface area contributed by atoms with Gasteiger partial charge >= 0.3 is 0 Å². The molecule has 0 aliphatic carbocycles. The predicted molar refractivity (Wildman–Crippen MR) is 107 cm³/mol. The van der Waals surface area contributed by atoms with Crippen molar-refractivity contribution in [2.75, 3.05) is 7.05 Å². The van der Waals surface area contributed by atoms with E-state index in [-0.39, 0.29) is 5.91 Å². The van der Waals surface area contributed by atoms with E-state index in [1.165, 1.54) is 0 Å². The van der Waals surface area contributed by atoms with Crippen LogP contribution in [-0.4, -0.2) is 24.0 Å². The van der Waals surface area contributed by atoms with Gasteiger partial charge in [-0.2, -0.15) is 0 Å². The normalized spacial score (nSPS) is 12.0. The standard InChI is InChI=1S/C22H22ClNO2/c1-3-20(22(25)24(2)15-16-11-13-18(23)14-12-16)26-21-10-6-8-17-7-4-5-9-19(17)21/h4-14,20H,3,15H2,1-2H3. The van der Waals surface area contributed by atoms with Gasteiger partial charge in [-0.25, -0.2) is 0 Å². The van der Waals surface area contributed by atoms with Gasteiger partial charge in [0.1, 0.15) is 5.75 Å². The van der Waals surface area contributed by atoms with Crippen LogP contribution in [-0.2, 0) is 11.3 Å². The fourth-order valence-corrected chi connectivity index (χ4v) is 3.07. The molecule has 0 fully saturated rings. The van der Waals surface area contributed by atoms with Crippen molar-refractivity contribution in [1.29, 1.82) is 0 Å². The molecule has 3 nitrogen and oxygen atoms in total. The Bertz CT molecular complexity index is 887. The maximum atomic E-state index is 12.9. The molecule has 1 amide bonds. The molecular weight excluding hydrogens is 346 g/mol. The molecule has 134 valence electrons. The van der Waals surface area contributed by atoms with E-state index in [4.69, 9.17) is 16.3 Å². The molecule has 0 N–H and O–H groups in total. The van der Waals surface area contributed by atoms with E-state index in [2.05, 4.69) is 0 Å². The Morgan fingerprint density at radius 2 is 1.73 bits per heavy atom. The Morgan fingerprint density at radius 3 is 2.46 bits per heavy atom. The highest BCUT2D eigenvalue weighted by molar-refractivity contribution is 6.30. The summed E-state index contributed by atoms with van der Waals surface area (Å²) in [7, 11) is 1.80. The molecule has 3 aromatic carbocycles. The third-order valence-electron chi connectivity index (χ3n) is 4.37. The Labute approximate surface area is 159 Å². The molecule has 1 atom stereocenters. The third-order valence-corrected chi connectivity index (χ3v) is 4.63. The average Bonchev–Trinajstić information content (AvgIpc) is 2.67. The summed E-state index contributed by atoms with van der Waals surface area (Å²) in [5, 5.41) is 2.80. The molecular formula is C22H22ClNO2. The van der Waals surface area contributed by atoms with Crippen LogP contribution in [0.25, 0.3) is 10.8 Å². The number of fused-ring (bicyclic) bond motifs is 1. The molecule has 4 heteroatoms. The van der Waals surface area contributed by atoms with Crippen LogP contribution in [0.1, 0.15) is 18.9 Å². The van der Waals surface area contributed by atoms with Gasteiger partial charge in [0.2, 0.25) is 0 Å². The zero-order chi connectivity index (χ0) is 18.5. The highest BCUT2D eigenvalue weighted by Gasteiger charge is 2.23. The second-order valence-electron chi connectivity index (χ2n) is 6.31. The van der Waals surface area contributed by atoms with Gasteiger partial charge in [0, 0.05) is 24.0 Å². The summed E-state index contributed by atoms with van der Waals surface area (Å²) in [5.41, 5.74) is 1.03. The first kappa shape index (κ1) is 18.3. The SMILES string of the molecule is CCC(Oc1cccc2ccccc12)C(=O)N(C)Cc1ccc(Cl)cc1. The van der Waals surface area contributed by atoms with E-state index in [9.17, 15) is 4.79 Å². The van der Waals surface area contributed by atoms with Gasteiger partial charge < -0.3 is 9.64 Å². The van der Waals surface area contributed by atoms with Crippen LogP contribution in [0.5, 0.6) is 5.75 Å². The summed E-state index contributed by atoms with van der Waals surface area (Å²) in [6, 6.07) is 21.5. The average molecular weight is 368 g/mol. The van der Waals surface area contributed by atoms with E-state index >= 15 is 0 Å². The second-order valence-corrected chi connectivity index (χ2v) is 6.75. The summed E-state index contributed by atoms with van der Waals surface area (Å²) < 4.78 is 6.10. The molecule has 3 rings (SSSR count). The van der Waals surface area contributed by atoms with E-state index in [0.717, 1.165) is 22.1 Å². The predicted octanol–water partition coefficient (Wildman–Crippen LogP) is 5.31. The Hall–Kier alpha value is -2.52. The van der Waals surface area contributed by atoms with Crippen LogP contribution in [0, 0.1) is 0 Å². The molecule has 1 unspecified atom stereocenters. The molecule has 0 aromatic heterocycles. The lowest BCUT2D eigenvalue weighted by atomic mass is 10.1. The quantitative estimate of drug-likeness (QED) is 0.591. The van der Waals surface area contributed by atoms with Gasteiger partial charge in [0.25, 0.3) is 5.91 Å². The van der Waals surface area contributed by atoms with Crippen molar-refractivity contribution in [3.05, 3.63) is 77.3 Å². The van der Waals surface area contributed by atoms with E-state index in [0.29, 0.717) is 18.0 Å². The molecule has 0 spiro atoms. The van der Waals surface area contributed by atoms with Crippen LogP contribution in [0.4, 0.5) is 0 Å². The molecule has 0 aliphatic heterocycles. The minimum Gasteiger partial charge on any atom is -0.480 e. The monoisotopic (exact) mass is 367 g/mol. The number of nitrogens with zero attached hydrogens (tertiary/aromatic N) is 1. The van der Waals surface area contributed by atoms with Crippen LogP contribution in [0.15, 0.2) is 66.7 Å². The zero-order valence-electron chi connectivity index (χ0n) is 15.0. The van der Waals surface area contributed by atoms with Gasteiger partial charge in [0.15, 0.2) is 6.10 Å². The summed E-state index contributed by atoms with van der Waals surface area (Å²) in [5.74, 6) is 0.707. The van der Waals surface area contributed by atoms with Gasteiger partial charge in [0.05, 0.1) is 0 Å². The van der Waals surface area contributed by atoms with Crippen molar-refractivity contribution in [1.82, 2.24) is 4.90 Å². The third kappa shape index (κ3) is 4.17. The Morgan fingerprint density at radius 1 is 1.04 bits per heavy atom. The lowest BCUT2D eigenvalue weighted by Gasteiger charge is -2.24. The molecule has 0 heterocycles. The maximum Gasteiger partial charge on any atom is 0.263 e. The summed E-state index contributed by atoms with van der Waals surface area (Å²) in [4.78, 5) is 14.6. The van der Waals surface area contributed by atoms with E-state index in [1.54, 1.807) is 11.9 Å². The number of rotatable bonds is 6. The molecule has 26 heavy (non-hydrogen) atoms. The zero-order valence-corrected chi connectivity index (χ0v) is 15.7. The fourth-order valence-electron chi connectivity index (χ4n) is 2.95. The highest BCUT2D eigenvalue weighted by atomic mass is 35.5. The number of likely N-dealkylation sites (N-methyl/N-ethyl adjacent to an activating group) is 1. The minimum atomic E-state index is -0.516. The Kier molecular flexibility index (Phi) is 5.79. The van der Waals surface area contributed by atoms with E-state index < -0.39 is 6.10 Å². The van der Waals surface area contributed by atoms with Gasteiger partial charge in [-0.1, -0.05) is 67.1 Å². The summed E-state index contributed by atoms with van der Waals surface area (Å²) in [6.45, 7) is 2.48. The minimum absolute atomic E-state index is 0.0321. The van der Waals surface area contributed by atoms with Crippen molar-refractivity contribution in [2.24, 2.45) is 0 Å². The smallest absolute Gasteiger partial charge is 0.263 e. The number of hydrogen-bond acceptors (Lipinski definition) is 2. The molecule has 0 bridgehead atoms. The van der Waals surface area contributed by atoms with Crippen molar-refractivity contribution in [3.8, 4) is 5.75 Å². The number of carbonyl (C=O) groups is 1. The van der Waals surface area contributed by atoms with Crippen LogP contribution < -0.4 is 4.74 Å². The topological polar surface area (TPSA) is 29.5 Å². The molecule has 0 aliphatic rings. The van der Waals surface area contributed by atoms with Gasteiger partial charge in [-0.3, -0.25) is 4.79 Å². The number of hydrogen-bond donors (Lipinski definition) is 0. The lowest BCUT2D eigenvalue weighted by Crippen LogP contribution is -2.39. The lowest BCUT2D eigenvalue weighted by molar-refractivity contribution is -0.138. The second kappa shape index (κ2) is 8.24. The number of ether oxygens (including phenoxy) is 1. The number of amides is 1. The molecule has 3 aromatic rings. The maximum absolute atomic E-state index is 12.9. The van der Waals surface area contributed by atoms with Crippen molar-refractivity contribution in [3.63, 3.8) is 0 Å². The summed E-state index contributed by atoms with van der Waals surface area (Å²) >= 11 is 5.92. The molecule has 0 saturated carbocycles. The first-order valence-electron chi connectivity index (χ1n) is 8.72. The molecule has 0 saturated heterocycles. The fraction of sp³-hybridized carbons (Fsp3) is 0.227.